The van der Waals surface area contributed by atoms with Gasteiger partial charge >= 0.3 is 5.97 Å². The summed E-state index contributed by atoms with van der Waals surface area (Å²) in [6, 6.07) is 3.78. The Hall–Kier alpha value is -1.95. The van der Waals surface area contributed by atoms with Crippen molar-refractivity contribution < 1.29 is 9.90 Å². The summed E-state index contributed by atoms with van der Waals surface area (Å²) in [7, 11) is 0. The van der Waals surface area contributed by atoms with Gasteiger partial charge in [-0.3, -0.25) is 4.40 Å². The van der Waals surface area contributed by atoms with Crippen LogP contribution >= 0.6 is 0 Å². The number of rotatable bonds is 4. The van der Waals surface area contributed by atoms with Gasteiger partial charge < -0.3 is 10.0 Å². The van der Waals surface area contributed by atoms with E-state index in [1.165, 1.54) is 19.3 Å². The van der Waals surface area contributed by atoms with Gasteiger partial charge in [-0.1, -0.05) is 13.3 Å². The first-order valence-electron chi connectivity index (χ1n) is 7.50. The third-order valence-electron chi connectivity index (χ3n) is 4.31. The van der Waals surface area contributed by atoms with Crippen molar-refractivity contribution in [1.82, 2.24) is 19.5 Å². The lowest BCUT2D eigenvalue weighted by Gasteiger charge is -2.34. The number of nitrogens with zero attached hydrogens (tertiary/aromatic N) is 4. The molecule has 3 rings (SSSR count). The first-order chi connectivity index (χ1) is 10.2. The van der Waals surface area contributed by atoms with Crippen LogP contribution < -0.4 is 0 Å². The number of piperidine rings is 1. The summed E-state index contributed by atoms with van der Waals surface area (Å²) in [6.45, 7) is 4.36. The van der Waals surface area contributed by atoms with Crippen LogP contribution in [0.15, 0.2) is 18.3 Å². The third-order valence-corrected chi connectivity index (χ3v) is 4.31. The highest BCUT2D eigenvalue weighted by molar-refractivity contribution is 5.94. The zero-order valence-electron chi connectivity index (χ0n) is 12.2. The molecule has 0 spiro atoms. The van der Waals surface area contributed by atoms with E-state index >= 15 is 0 Å². The number of carboxylic acids is 1. The Balaban J connectivity index is 1.91. The zero-order valence-corrected chi connectivity index (χ0v) is 12.2. The summed E-state index contributed by atoms with van der Waals surface area (Å²) < 4.78 is 1.81. The smallest absolute Gasteiger partial charge is 0.339 e. The lowest BCUT2D eigenvalue weighted by Crippen LogP contribution is -2.40. The van der Waals surface area contributed by atoms with Gasteiger partial charge in [-0.15, -0.1) is 10.2 Å². The molecule has 1 unspecified atom stereocenters. The van der Waals surface area contributed by atoms with Crippen LogP contribution in [0.4, 0.5) is 0 Å². The molecule has 0 bridgehead atoms. The molecule has 2 aromatic rings. The summed E-state index contributed by atoms with van der Waals surface area (Å²) in [5.74, 6) is -0.120. The normalized spacial score (nSPS) is 20.0. The van der Waals surface area contributed by atoms with Crippen LogP contribution in [0.2, 0.25) is 0 Å². The van der Waals surface area contributed by atoms with E-state index in [0.717, 1.165) is 25.3 Å². The Bertz CT molecular complexity index is 652. The van der Waals surface area contributed by atoms with Crippen LogP contribution in [-0.2, 0) is 6.42 Å². The summed E-state index contributed by atoms with van der Waals surface area (Å²) >= 11 is 0. The van der Waals surface area contributed by atoms with Crippen molar-refractivity contribution >= 4 is 11.6 Å². The molecule has 1 aliphatic rings. The topological polar surface area (TPSA) is 70.7 Å². The lowest BCUT2D eigenvalue weighted by molar-refractivity contribution is 0.0698. The average molecular weight is 288 g/mol. The maximum atomic E-state index is 11.2. The Morgan fingerprint density at radius 3 is 3.05 bits per heavy atom. The van der Waals surface area contributed by atoms with Gasteiger partial charge in [0.1, 0.15) is 11.4 Å². The van der Waals surface area contributed by atoms with Crippen LogP contribution in [0.3, 0.4) is 0 Å². The van der Waals surface area contributed by atoms with Crippen molar-refractivity contribution in [2.45, 2.75) is 38.6 Å². The minimum absolute atomic E-state index is 0.201. The van der Waals surface area contributed by atoms with Crippen molar-refractivity contribution in [1.29, 1.82) is 0 Å². The summed E-state index contributed by atoms with van der Waals surface area (Å²) in [6.07, 6.45) is 6.34. The third kappa shape index (κ3) is 2.63. The zero-order chi connectivity index (χ0) is 14.8. The van der Waals surface area contributed by atoms with Crippen LogP contribution in [0, 0.1) is 0 Å². The predicted molar refractivity (Wildman–Crippen MR) is 78.5 cm³/mol. The molecule has 1 fully saturated rings. The Labute approximate surface area is 123 Å². The van der Waals surface area contributed by atoms with Gasteiger partial charge in [0.15, 0.2) is 5.65 Å². The van der Waals surface area contributed by atoms with Crippen molar-refractivity contribution in [3.8, 4) is 0 Å². The summed E-state index contributed by atoms with van der Waals surface area (Å²) in [5.41, 5.74) is 0.631. The quantitative estimate of drug-likeness (QED) is 0.929. The number of aromatic nitrogens is 3. The molecule has 1 aliphatic heterocycles. The second kappa shape index (κ2) is 5.81. The van der Waals surface area contributed by atoms with E-state index in [1.54, 1.807) is 12.1 Å². The average Bonchev–Trinajstić information content (AvgIpc) is 2.91. The molecule has 3 heterocycles. The van der Waals surface area contributed by atoms with Crippen molar-refractivity contribution in [3.05, 3.63) is 29.7 Å². The fraction of sp³-hybridized carbons (Fsp3) is 0.533. The minimum atomic E-state index is -0.965. The van der Waals surface area contributed by atoms with E-state index in [2.05, 4.69) is 22.0 Å². The fourth-order valence-electron chi connectivity index (χ4n) is 3.19. The highest BCUT2D eigenvalue weighted by atomic mass is 16.4. The van der Waals surface area contributed by atoms with E-state index < -0.39 is 5.97 Å². The first kappa shape index (κ1) is 14.0. The van der Waals surface area contributed by atoms with Crippen molar-refractivity contribution in [3.63, 3.8) is 0 Å². The van der Waals surface area contributed by atoms with Gasteiger partial charge in [0.2, 0.25) is 0 Å². The van der Waals surface area contributed by atoms with Gasteiger partial charge in [-0.05, 0) is 38.1 Å². The Morgan fingerprint density at radius 1 is 1.43 bits per heavy atom. The molecule has 0 amide bonds. The number of pyridine rings is 1. The van der Waals surface area contributed by atoms with E-state index in [4.69, 9.17) is 0 Å². The van der Waals surface area contributed by atoms with E-state index in [9.17, 15) is 9.90 Å². The van der Waals surface area contributed by atoms with Crippen LogP contribution in [-0.4, -0.2) is 49.7 Å². The molecule has 1 saturated heterocycles. The molecule has 1 N–H and O–H groups in total. The maximum absolute atomic E-state index is 11.2. The largest absolute Gasteiger partial charge is 0.478 e. The summed E-state index contributed by atoms with van der Waals surface area (Å²) in [5, 5.41) is 17.5. The van der Waals surface area contributed by atoms with Crippen LogP contribution in [0.25, 0.3) is 5.65 Å². The molecular formula is C15H20N4O2. The van der Waals surface area contributed by atoms with Gasteiger partial charge in [0.05, 0.1) is 0 Å². The van der Waals surface area contributed by atoms with Gasteiger partial charge in [0, 0.05) is 18.7 Å². The molecule has 0 saturated carbocycles. The van der Waals surface area contributed by atoms with Crippen LogP contribution in [0.1, 0.15) is 42.4 Å². The van der Waals surface area contributed by atoms with Crippen molar-refractivity contribution in [2.24, 2.45) is 0 Å². The molecule has 0 aliphatic carbocycles. The van der Waals surface area contributed by atoms with Crippen molar-refractivity contribution in [2.75, 3.05) is 13.1 Å². The second-order valence-electron chi connectivity index (χ2n) is 5.52. The molecule has 0 radical (unpaired) electrons. The molecule has 6 heteroatoms. The highest BCUT2D eigenvalue weighted by Gasteiger charge is 2.23. The molecule has 112 valence electrons. The first-order valence-corrected chi connectivity index (χ1v) is 7.50. The van der Waals surface area contributed by atoms with E-state index in [-0.39, 0.29) is 5.56 Å². The van der Waals surface area contributed by atoms with E-state index in [0.29, 0.717) is 11.7 Å². The summed E-state index contributed by atoms with van der Waals surface area (Å²) in [4.78, 5) is 13.7. The molecular weight excluding hydrogens is 268 g/mol. The monoisotopic (exact) mass is 288 g/mol. The molecule has 21 heavy (non-hydrogen) atoms. The SMILES string of the molecule is CCN1CCCCC1Cc1nnc2c(C(=O)O)cccn12. The minimum Gasteiger partial charge on any atom is -0.478 e. The number of likely N-dealkylation sites (tertiary alicyclic amines) is 1. The predicted octanol–water partition coefficient (Wildman–Crippen LogP) is 1.84. The van der Waals surface area contributed by atoms with Gasteiger partial charge in [0.25, 0.3) is 0 Å². The molecule has 2 aromatic heterocycles. The number of hydrogen-bond donors (Lipinski definition) is 1. The fourth-order valence-corrected chi connectivity index (χ4v) is 3.19. The van der Waals surface area contributed by atoms with Gasteiger partial charge in [-0.2, -0.15) is 0 Å². The second-order valence-corrected chi connectivity index (χ2v) is 5.52. The van der Waals surface area contributed by atoms with Crippen LogP contribution in [0.5, 0.6) is 0 Å². The highest BCUT2D eigenvalue weighted by Crippen LogP contribution is 2.20. The Morgan fingerprint density at radius 2 is 2.29 bits per heavy atom. The lowest BCUT2D eigenvalue weighted by atomic mass is 9.99. The van der Waals surface area contributed by atoms with E-state index in [1.807, 2.05) is 10.6 Å². The number of carboxylic acid groups (broad SMARTS) is 1. The standard InChI is InChI=1S/C15H20N4O2/c1-2-18-8-4-3-6-11(18)10-13-16-17-14-12(15(20)21)7-5-9-19(13)14/h5,7,9,11H,2-4,6,8,10H2,1H3,(H,20,21). The number of hydrogen-bond acceptors (Lipinski definition) is 4. The number of carbonyl (C=O) groups is 1. The van der Waals surface area contributed by atoms with Gasteiger partial charge in [-0.25, -0.2) is 4.79 Å². The number of aromatic carboxylic acids is 1. The molecule has 6 nitrogen and oxygen atoms in total. The molecule has 1 atom stereocenters. The maximum Gasteiger partial charge on any atom is 0.339 e. The molecule has 0 aromatic carbocycles. The number of likely N-dealkylation sites (N-methyl/N-ethyl adjacent to an activating group) is 1. The Kier molecular flexibility index (Phi) is 3.88. The number of fused-ring (bicyclic) bond motifs is 1.